The number of carbonyl (C=O) groups excluding carboxylic acids is 1. The summed E-state index contributed by atoms with van der Waals surface area (Å²) < 4.78 is 4.81. The summed E-state index contributed by atoms with van der Waals surface area (Å²) in [4.78, 5) is 16.1. The Hall–Kier alpha value is -3.03. The van der Waals surface area contributed by atoms with Crippen LogP contribution >= 0.6 is 0 Å². The lowest BCUT2D eigenvalue weighted by molar-refractivity contribution is 0.250. The first kappa shape index (κ1) is 17.3. The minimum absolute atomic E-state index is 0.0168. The lowest BCUT2D eigenvalue weighted by Crippen LogP contribution is -2.37. The predicted molar refractivity (Wildman–Crippen MR) is 95.0 cm³/mol. The fourth-order valence-corrected chi connectivity index (χ4v) is 2.39. The van der Waals surface area contributed by atoms with Crippen LogP contribution in [0.1, 0.15) is 25.3 Å². The number of nitrogen functional groups attached to an aromatic ring is 2. The average molecular weight is 330 g/mol. The number of hydrogen-bond donors (Lipinski definition) is 5. The molecular formula is C16H22N6O2. The molecule has 0 spiro atoms. The van der Waals surface area contributed by atoms with Crippen LogP contribution in [0.15, 0.2) is 29.9 Å². The van der Waals surface area contributed by atoms with E-state index in [1.807, 2.05) is 13.0 Å². The Morgan fingerprint density at radius 3 is 2.75 bits per heavy atom. The second-order valence-corrected chi connectivity index (χ2v) is 5.39. The van der Waals surface area contributed by atoms with E-state index < -0.39 is 6.03 Å². The summed E-state index contributed by atoms with van der Waals surface area (Å²) in [7, 11) is 1.34. The molecule has 1 aliphatic carbocycles. The van der Waals surface area contributed by atoms with Crippen LogP contribution in [0, 0.1) is 5.41 Å². The van der Waals surface area contributed by atoms with Gasteiger partial charge in [0.25, 0.3) is 0 Å². The third kappa shape index (κ3) is 4.03. The van der Waals surface area contributed by atoms with Gasteiger partial charge in [-0.05, 0) is 25.3 Å². The van der Waals surface area contributed by atoms with Crippen molar-refractivity contribution in [3.8, 4) is 0 Å². The van der Waals surface area contributed by atoms with E-state index in [-0.39, 0.29) is 34.8 Å². The van der Waals surface area contributed by atoms with Gasteiger partial charge in [0.1, 0.15) is 17.2 Å². The maximum absolute atomic E-state index is 12.1. The van der Waals surface area contributed by atoms with Gasteiger partial charge in [0.2, 0.25) is 5.90 Å². The zero-order chi connectivity index (χ0) is 17.7. The molecule has 0 saturated carbocycles. The molecule has 1 heterocycles. The van der Waals surface area contributed by atoms with Crippen LogP contribution in [0.4, 0.5) is 22.1 Å². The van der Waals surface area contributed by atoms with Gasteiger partial charge in [-0.15, -0.1) is 0 Å². The van der Waals surface area contributed by atoms with Gasteiger partial charge in [-0.3, -0.25) is 10.7 Å². The molecule has 2 amide bonds. The predicted octanol–water partition coefficient (Wildman–Crippen LogP) is 2.00. The van der Waals surface area contributed by atoms with Gasteiger partial charge >= 0.3 is 6.03 Å². The maximum Gasteiger partial charge on any atom is 0.320 e. The molecule has 8 heteroatoms. The Balaban J connectivity index is 2.05. The highest BCUT2D eigenvalue weighted by atomic mass is 16.5. The number of amides is 2. The molecule has 0 radical (unpaired) electrons. The van der Waals surface area contributed by atoms with Gasteiger partial charge in [-0.1, -0.05) is 18.2 Å². The number of ether oxygens (including phenoxy) is 1. The number of nitrogens with one attached hydrogen (secondary N) is 3. The first-order chi connectivity index (χ1) is 11.4. The van der Waals surface area contributed by atoms with Crippen molar-refractivity contribution in [1.82, 2.24) is 10.3 Å². The van der Waals surface area contributed by atoms with Crippen molar-refractivity contribution in [3.05, 3.63) is 35.4 Å². The van der Waals surface area contributed by atoms with Crippen molar-refractivity contribution < 1.29 is 9.53 Å². The topological polar surface area (TPSA) is 139 Å². The van der Waals surface area contributed by atoms with Gasteiger partial charge in [0.15, 0.2) is 0 Å². The molecule has 0 unspecified atom stereocenters. The second kappa shape index (κ2) is 7.49. The summed E-state index contributed by atoms with van der Waals surface area (Å²) in [6.45, 7) is 1.90. The SMILES string of the molecule is COC(=N)c1c(N)cc(NC(=O)N[C@H](C)C2=CCCC=C2)nc1N. The summed E-state index contributed by atoms with van der Waals surface area (Å²) in [6, 6.07) is 0.893. The zero-order valence-electron chi connectivity index (χ0n) is 13.7. The van der Waals surface area contributed by atoms with E-state index in [1.54, 1.807) is 0 Å². The van der Waals surface area contributed by atoms with E-state index in [0.717, 1.165) is 18.4 Å². The molecule has 1 aliphatic rings. The molecule has 1 aromatic rings. The number of anilines is 3. The summed E-state index contributed by atoms with van der Waals surface area (Å²) in [5.74, 6) is 0.0387. The molecule has 24 heavy (non-hydrogen) atoms. The number of pyridine rings is 1. The molecule has 0 saturated heterocycles. The number of carbonyl (C=O) groups is 1. The van der Waals surface area contributed by atoms with Crippen molar-refractivity contribution in [2.45, 2.75) is 25.8 Å². The minimum atomic E-state index is -0.414. The molecular weight excluding hydrogens is 308 g/mol. The largest absolute Gasteiger partial charge is 0.481 e. The molecule has 128 valence electrons. The third-order valence-electron chi connectivity index (χ3n) is 3.62. The summed E-state index contributed by atoms with van der Waals surface area (Å²) in [6.07, 6.45) is 8.19. The molecule has 7 N–H and O–H groups in total. The van der Waals surface area contributed by atoms with E-state index in [2.05, 4.69) is 27.8 Å². The normalized spacial score (nSPS) is 14.5. The van der Waals surface area contributed by atoms with E-state index >= 15 is 0 Å². The van der Waals surface area contributed by atoms with E-state index in [1.165, 1.54) is 13.2 Å². The minimum Gasteiger partial charge on any atom is -0.481 e. The molecule has 8 nitrogen and oxygen atoms in total. The van der Waals surface area contributed by atoms with Crippen molar-refractivity contribution in [2.75, 3.05) is 23.9 Å². The Morgan fingerprint density at radius 2 is 2.17 bits per heavy atom. The number of aromatic nitrogens is 1. The van der Waals surface area contributed by atoms with Crippen LogP contribution in [-0.2, 0) is 4.74 Å². The molecule has 0 bridgehead atoms. The highest BCUT2D eigenvalue weighted by Crippen LogP contribution is 2.22. The first-order valence-corrected chi connectivity index (χ1v) is 7.55. The van der Waals surface area contributed by atoms with Crippen LogP contribution in [0.2, 0.25) is 0 Å². The summed E-state index contributed by atoms with van der Waals surface area (Å²) in [5.41, 5.74) is 13.1. The van der Waals surface area contributed by atoms with Crippen LogP contribution in [0.25, 0.3) is 0 Å². The summed E-state index contributed by atoms with van der Waals surface area (Å²) >= 11 is 0. The molecule has 0 fully saturated rings. The quantitative estimate of drug-likeness (QED) is 0.424. The molecule has 1 atom stereocenters. The van der Waals surface area contributed by atoms with Gasteiger partial charge in [0.05, 0.1) is 18.8 Å². The van der Waals surface area contributed by atoms with Gasteiger partial charge < -0.3 is 21.5 Å². The lowest BCUT2D eigenvalue weighted by Gasteiger charge is -2.18. The number of nitrogens with two attached hydrogens (primary N) is 2. The van der Waals surface area contributed by atoms with E-state index in [0.29, 0.717) is 0 Å². The second-order valence-electron chi connectivity index (χ2n) is 5.39. The number of rotatable bonds is 4. The number of allylic oxidation sites excluding steroid dienone is 2. The Kier molecular flexibility index (Phi) is 5.41. The average Bonchev–Trinajstić information content (AvgIpc) is 2.54. The first-order valence-electron chi connectivity index (χ1n) is 7.55. The maximum atomic E-state index is 12.1. The van der Waals surface area contributed by atoms with Crippen LogP contribution in [-0.4, -0.2) is 30.1 Å². The number of nitrogens with zero attached hydrogens (tertiary/aromatic N) is 1. The lowest BCUT2D eigenvalue weighted by atomic mass is 10.0. The third-order valence-corrected chi connectivity index (χ3v) is 3.62. The fourth-order valence-electron chi connectivity index (χ4n) is 2.39. The zero-order valence-corrected chi connectivity index (χ0v) is 13.7. The van der Waals surface area contributed by atoms with E-state index in [9.17, 15) is 4.79 Å². The standard InChI is InChI=1S/C16H22N6O2/c1-9(10-6-4-3-5-7-10)20-16(23)22-12-8-11(17)13(14(18)21-12)15(19)24-2/h4,6-9,19H,3,5H2,1-2H3,(H6,17,18,20,21,22,23)/t9-/m1/s1. The highest BCUT2D eigenvalue weighted by Gasteiger charge is 2.16. The molecule has 0 aliphatic heterocycles. The van der Waals surface area contributed by atoms with Crippen LogP contribution in [0.5, 0.6) is 0 Å². The van der Waals surface area contributed by atoms with Crippen LogP contribution < -0.4 is 22.1 Å². The smallest absolute Gasteiger partial charge is 0.320 e. The Morgan fingerprint density at radius 1 is 1.42 bits per heavy atom. The summed E-state index contributed by atoms with van der Waals surface area (Å²) in [5, 5.41) is 13.1. The fraction of sp³-hybridized carbons (Fsp3) is 0.312. The molecule has 2 rings (SSSR count). The van der Waals surface area contributed by atoms with Crippen molar-refractivity contribution in [3.63, 3.8) is 0 Å². The monoisotopic (exact) mass is 330 g/mol. The van der Waals surface area contributed by atoms with Crippen molar-refractivity contribution in [2.24, 2.45) is 0 Å². The Labute approximate surface area is 140 Å². The van der Waals surface area contributed by atoms with Gasteiger partial charge in [-0.2, -0.15) is 0 Å². The van der Waals surface area contributed by atoms with Gasteiger partial charge in [0, 0.05) is 6.07 Å². The van der Waals surface area contributed by atoms with Crippen molar-refractivity contribution >= 4 is 29.3 Å². The van der Waals surface area contributed by atoms with Gasteiger partial charge in [-0.25, -0.2) is 9.78 Å². The Bertz CT molecular complexity index is 688. The number of urea groups is 1. The molecule has 0 aromatic carbocycles. The number of hydrogen-bond acceptors (Lipinski definition) is 6. The van der Waals surface area contributed by atoms with E-state index in [4.69, 9.17) is 21.6 Å². The van der Waals surface area contributed by atoms with Crippen molar-refractivity contribution in [1.29, 1.82) is 5.41 Å². The van der Waals surface area contributed by atoms with Crippen LogP contribution in [0.3, 0.4) is 0 Å². The highest BCUT2D eigenvalue weighted by molar-refractivity contribution is 6.02. The number of methoxy groups -OCH3 is 1. The molecule has 1 aromatic heterocycles.